The molecule has 3 aliphatic rings. The molecule has 1 aromatic heterocycles. The van der Waals surface area contributed by atoms with Gasteiger partial charge in [-0.1, -0.05) is 11.3 Å². The first-order chi connectivity index (χ1) is 13.2. The van der Waals surface area contributed by atoms with Crippen LogP contribution in [0.25, 0.3) is 10.2 Å². The van der Waals surface area contributed by atoms with Crippen molar-refractivity contribution in [2.75, 3.05) is 51.4 Å². The SMILES string of the molecule is COc1ccc2nc(N3CC(C(=O)N4CCC5(CC4)OCCO5)C3)sc2c1. The highest BCUT2D eigenvalue weighted by atomic mass is 32.1. The lowest BCUT2D eigenvalue weighted by Crippen LogP contribution is -2.57. The summed E-state index contributed by atoms with van der Waals surface area (Å²) in [7, 11) is 1.67. The van der Waals surface area contributed by atoms with E-state index in [1.165, 1.54) is 0 Å². The lowest BCUT2D eigenvalue weighted by Gasteiger charge is -2.43. The number of hydrogen-bond donors (Lipinski definition) is 0. The normalized spacial score (nSPS) is 22.4. The van der Waals surface area contributed by atoms with Crippen molar-refractivity contribution in [1.29, 1.82) is 0 Å². The van der Waals surface area contributed by atoms with Crippen molar-refractivity contribution >= 4 is 32.6 Å². The summed E-state index contributed by atoms with van der Waals surface area (Å²) >= 11 is 1.65. The average molecular weight is 389 g/mol. The Morgan fingerprint density at radius 3 is 2.70 bits per heavy atom. The first kappa shape index (κ1) is 17.2. The molecule has 3 fully saturated rings. The van der Waals surface area contributed by atoms with Crippen molar-refractivity contribution in [1.82, 2.24) is 9.88 Å². The molecule has 0 bridgehead atoms. The van der Waals surface area contributed by atoms with E-state index < -0.39 is 5.79 Å². The highest BCUT2D eigenvalue weighted by Crippen LogP contribution is 2.36. The summed E-state index contributed by atoms with van der Waals surface area (Å²) in [6.07, 6.45) is 1.55. The number of hydrogen-bond acceptors (Lipinski definition) is 7. The first-order valence-electron chi connectivity index (χ1n) is 9.42. The number of anilines is 1. The van der Waals surface area contributed by atoms with Crippen molar-refractivity contribution in [2.24, 2.45) is 5.92 Å². The highest BCUT2D eigenvalue weighted by molar-refractivity contribution is 7.22. The molecule has 0 aliphatic carbocycles. The van der Waals surface area contributed by atoms with Gasteiger partial charge in [-0.25, -0.2) is 4.98 Å². The Labute approximate surface area is 161 Å². The van der Waals surface area contributed by atoms with Crippen LogP contribution < -0.4 is 9.64 Å². The molecule has 3 aliphatic heterocycles. The number of ether oxygens (including phenoxy) is 3. The molecule has 4 heterocycles. The zero-order valence-electron chi connectivity index (χ0n) is 15.3. The average Bonchev–Trinajstić information content (AvgIpc) is 3.27. The number of piperidine rings is 1. The molecular weight excluding hydrogens is 366 g/mol. The molecule has 2 aromatic rings. The summed E-state index contributed by atoms with van der Waals surface area (Å²) in [5.74, 6) is 0.727. The molecule has 0 N–H and O–H groups in total. The zero-order chi connectivity index (χ0) is 18.4. The van der Waals surface area contributed by atoms with Crippen LogP contribution >= 0.6 is 11.3 Å². The van der Waals surface area contributed by atoms with E-state index in [4.69, 9.17) is 19.2 Å². The van der Waals surface area contributed by atoms with Gasteiger partial charge in [0.15, 0.2) is 10.9 Å². The molecule has 0 radical (unpaired) electrons. The van der Waals surface area contributed by atoms with Crippen molar-refractivity contribution in [2.45, 2.75) is 18.6 Å². The molecule has 8 heteroatoms. The first-order valence-corrected chi connectivity index (χ1v) is 10.2. The fourth-order valence-electron chi connectivity index (χ4n) is 4.06. The summed E-state index contributed by atoms with van der Waals surface area (Å²) in [6, 6.07) is 5.91. The summed E-state index contributed by atoms with van der Waals surface area (Å²) in [5.41, 5.74) is 0.975. The van der Waals surface area contributed by atoms with Gasteiger partial charge in [0.2, 0.25) is 5.91 Å². The Morgan fingerprint density at radius 2 is 2.00 bits per heavy atom. The molecule has 7 nitrogen and oxygen atoms in total. The number of benzene rings is 1. The van der Waals surface area contributed by atoms with Crippen LogP contribution in [-0.2, 0) is 14.3 Å². The maximum atomic E-state index is 12.8. The van der Waals surface area contributed by atoms with Crippen LogP contribution in [0.4, 0.5) is 5.13 Å². The topological polar surface area (TPSA) is 64.1 Å². The Balaban J connectivity index is 1.19. The number of methoxy groups -OCH3 is 1. The molecule has 1 amide bonds. The number of amides is 1. The lowest BCUT2D eigenvalue weighted by atomic mass is 9.96. The molecule has 144 valence electrons. The number of thiazole rings is 1. The van der Waals surface area contributed by atoms with Crippen LogP contribution in [0.1, 0.15) is 12.8 Å². The number of likely N-dealkylation sites (tertiary alicyclic amines) is 1. The number of fused-ring (bicyclic) bond motifs is 1. The van der Waals surface area contributed by atoms with Crippen LogP contribution in [0.15, 0.2) is 18.2 Å². The largest absolute Gasteiger partial charge is 0.497 e. The molecular formula is C19H23N3O4S. The number of aromatic nitrogens is 1. The van der Waals surface area contributed by atoms with E-state index in [2.05, 4.69) is 4.90 Å². The summed E-state index contributed by atoms with van der Waals surface area (Å²) < 4.78 is 17.9. The smallest absolute Gasteiger partial charge is 0.229 e. The molecule has 27 heavy (non-hydrogen) atoms. The minimum atomic E-state index is -0.426. The maximum Gasteiger partial charge on any atom is 0.229 e. The van der Waals surface area contributed by atoms with Gasteiger partial charge in [-0.05, 0) is 18.2 Å². The highest BCUT2D eigenvalue weighted by Gasteiger charge is 2.43. The van der Waals surface area contributed by atoms with Crippen molar-refractivity contribution in [3.8, 4) is 5.75 Å². The Bertz CT molecular complexity index is 848. The third-order valence-electron chi connectivity index (χ3n) is 5.74. The second-order valence-corrected chi connectivity index (χ2v) is 8.37. The second-order valence-electron chi connectivity index (χ2n) is 7.36. The second kappa shape index (κ2) is 6.61. The van der Waals surface area contributed by atoms with E-state index >= 15 is 0 Å². The molecule has 5 rings (SSSR count). The minimum Gasteiger partial charge on any atom is -0.497 e. The Hall–Kier alpha value is -1.90. The third-order valence-corrected chi connectivity index (χ3v) is 6.82. The summed E-state index contributed by atoms with van der Waals surface area (Å²) in [6.45, 7) is 4.25. The van der Waals surface area contributed by atoms with Crippen LogP contribution in [-0.4, -0.2) is 68.1 Å². The number of carbonyl (C=O) groups is 1. The van der Waals surface area contributed by atoms with Gasteiger partial charge in [0.05, 0.1) is 36.5 Å². The molecule has 1 spiro atoms. The van der Waals surface area contributed by atoms with Crippen LogP contribution in [0.3, 0.4) is 0 Å². The maximum absolute atomic E-state index is 12.8. The lowest BCUT2D eigenvalue weighted by molar-refractivity contribution is -0.188. The van der Waals surface area contributed by atoms with Crippen molar-refractivity contribution < 1.29 is 19.0 Å². The van der Waals surface area contributed by atoms with Gasteiger partial charge < -0.3 is 24.0 Å². The Morgan fingerprint density at radius 1 is 1.26 bits per heavy atom. The predicted molar refractivity (Wildman–Crippen MR) is 102 cm³/mol. The standard InChI is InChI=1S/C19H23N3O4S/c1-24-14-2-3-15-16(10-14)27-18(20-15)22-11-13(12-22)17(23)21-6-4-19(5-7-21)25-8-9-26-19/h2-3,10,13H,4-9,11-12H2,1H3. The van der Waals surface area contributed by atoms with Crippen LogP contribution in [0.5, 0.6) is 5.75 Å². The van der Waals surface area contributed by atoms with Gasteiger partial charge in [-0.2, -0.15) is 0 Å². The van der Waals surface area contributed by atoms with Crippen molar-refractivity contribution in [3.63, 3.8) is 0 Å². The van der Waals surface area contributed by atoms with Gasteiger partial charge in [-0.15, -0.1) is 0 Å². The fourth-order valence-corrected chi connectivity index (χ4v) is 5.07. The van der Waals surface area contributed by atoms with Gasteiger partial charge in [-0.3, -0.25) is 4.79 Å². The van der Waals surface area contributed by atoms with Gasteiger partial charge >= 0.3 is 0 Å². The fraction of sp³-hybridized carbons (Fsp3) is 0.579. The minimum absolute atomic E-state index is 0.0611. The number of nitrogens with zero attached hydrogens (tertiary/aromatic N) is 3. The zero-order valence-corrected chi connectivity index (χ0v) is 16.2. The Kier molecular flexibility index (Phi) is 4.22. The quantitative estimate of drug-likeness (QED) is 0.801. The molecule has 1 aromatic carbocycles. The molecule has 0 atom stereocenters. The van der Waals surface area contributed by atoms with Crippen molar-refractivity contribution in [3.05, 3.63) is 18.2 Å². The molecule has 0 saturated carbocycles. The number of carbonyl (C=O) groups excluding carboxylic acids is 1. The number of rotatable bonds is 3. The van der Waals surface area contributed by atoms with Crippen LogP contribution in [0, 0.1) is 5.92 Å². The van der Waals surface area contributed by atoms with E-state index in [1.54, 1.807) is 18.4 Å². The predicted octanol–water partition coefficient (Wildman–Crippen LogP) is 2.11. The van der Waals surface area contributed by atoms with Crippen LogP contribution in [0.2, 0.25) is 0 Å². The van der Waals surface area contributed by atoms with Gasteiger partial charge in [0, 0.05) is 39.0 Å². The molecule has 0 unspecified atom stereocenters. The van der Waals surface area contributed by atoms with Gasteiger partial charge in [0.25, 0.3) is 0 Å². The summed E-state index contributed by atoms with van der Waals surface area (Å²) in [5, 5.41) is 0.979. The van der Waals surface area contributed by atoms with E-state index in [0.29, 0.717) is 13.2 Å². The monoisotopic (exact) mass is 389 g/mol. The van der Waals surface area contributed by atoms with E-state index in [9.17, 15) is 4.79 Å². The van der Waals surface area contributed by atoms with E-state index in [-0.39, 0.29) is 11.8 Å². The molecule has 3 saturated heterocycles. The summed E-state index contributed by atoms with van der Waals surface area (Å²) in [4.78, 5) is 21.7. The van der Waals surface area contributed by atoms with E-state index in [1.807, 2.05) is 23.1 Å². The van der Waals surface area contributed by atoms with E-state index in [0.717, 1.165) is 60.1 Å². The third kappa shape index (κ3) is 3.05. The van der Waals surface area contributed by atoms with Gasteiger partial charge in [0.1, 0.15) is 5.75 Å².